The third-order valence-corrected chi connectivity index (χ3v) is 4.74. The quantitative estimate of drug-likeness (QED) is 0.349. The van der Waals surface area contributed by atoms with Gasteiger partial charge in [0.2, 0.25) is 5.91 Å². The molecule has 0 aliphatic heterocycles. The summed E-state index contributed by atoms with van der Waals surface area (Å²) in [6.07, 6.45) is 4.12. The van der Waals surface area contributed by atoms with Crippen LogP contribution >= 0.6 is 0 Å². The molecular formula is C24H30N6O. The second kappa shape index (κ2) is 12.2. The minimum atomic E-state index is 0.0109. The number of carbonyl (C=O) groups excluding carboxylic acids is 1. The van der Waals surface area contributed by atoms with E-state index in [0.717, 1.165) is 17.7 Å². The number of nitrogens with one attached hydrogen (secondary N) is 3. The monoisotopic (exact) mass is 418 g/mol. The molecule has 2 aromatic carbocycles. The first kappa shape index (κ1) is 22.1. The second-order valence-corrected chi connectivity index (χ2v) is 7.11. The van der Waals surface area contributed by atoms with E-state index >= 15 is 0 Å². The summed E-state index contributed by atoms with van der Waals surface area (Å²) in [5, 5.41) is 13.7. The number of aromatic nitrogens is 2. The van der Waals surface area contributed by atoms with Gasteiger partial charge < -0.3 is 16.0 Å². The summed E-state index contributed by atoms with van der Waals surface area (Å²) >= 11 is 0. The smallest absolute Gasteiger partial charge is 0.222 e. The molecule has 7 heteroatoms. The lowest BCUT2D eigenvalue weighted by atomic mass is 10.1. The number of hydrogen-bond donors (Lipinski definition) is 3. The number of aliphatic imine (C=N–C) groups is 1. The topological polar surface area (TPSA) is 83.3 Å². The maximum atomic E-state index is 12.1. The minimum Gasteiger partial charge on any atom is -0.357 e. The molecule has 31 heavy (non-hydrogen) atoms. The molecule has 1 heterocycles. The molecule has 3 rings (SSSR count). The maximum absolute atomic E-state index is 12.1. The van der Waals surface area contributed by atoms with Crippen molar-refractivity contribution in [2.75, 3.05) is 13.1 Å². The summed E-state index contributed by atoms with van der Waals surface area (Å²) in [6.45, 7) is 5.09. The largest absolute Gasteiger partial charge is 0.357 e. The van der Waals surface area contributed by atoms with Crippen LogP contribution in [0.2, 0.25) is 0 Å². The molecule has 0 saturated carbocycles. The molecule has 0 bridgehead atoms. The average Bonchev–Trinajstić information content (AvgIpc) is 3.31. The number of hydrogen-bond acceptors (Lipinski definition) is 3. The molecule has 0 unspecified atom stereocenters. The number of guanidine groups is 1. The van der Waals surface area contributed by atoms with Gasteiger partial charge in [-0.3, -0.25) is 9.48 Å². The van der Waals surface area contributed by atoms with Crippen LogP contribution in [0.3, 0.4) is 0 Å². The highest BCUT2D eigenvalue weighted by Crippen LogP contribution is 2.11. The fourth-order valence-electron chi connectivity index (χ4n) is 3.12. The van der Waals surface area contributed by atoms with Crippen molar-refractivity contribution >= 4 is 11.9 Å². The number of carbonyl (C=O) groups is 1. The van der Waals surface area contributed by atoms with Crippen molar-refractivity contribution in [1.82, 2.24) is 25.7 Å². The lowest BCUT2D eigenvalue weighted by molar-refractivity contribution is -0.121. The third kappa shape index (κ3) is 7.62. The molecule has 0 aliphatic rings. The van der Waals surface area contributed by atoms with Crippen LogP contribution in [0.15, 0.2) is 78.0 Å². The third-order valence-electron chi connectivity index (χ3n) is 4.74. The van der Waals surface area contributed by atoms with Crippen LogP contribution in [-0.4, -0.2) is 34.7 Å². The van der Waals surface area contributed by atoms with Crippen molar-refractivity contribution in [3.05, 3.63) is 89.7 Å². The van der Waals surface area contributed by atoms with Crippen LogP contribution in [0.1, 0.15) is 30.0 Å². The van der Waals surface area contributed by atoms with E-state index in [0.29, 0.717) is 38.6 Å². The number of rotatable bonds is 10. The molecule has 0 fully saturated rings. The van der Waals surface area contributed by atoms with Gasteiger partial charge in [-0.2, -0.15) is 5.10 Å². The lowest BCUT2D eigenvalue weighted by Gasteiger charge is -2.13. The highest BCUT2D eigenvalue weighted by atomic mass is 16.1. The van der Waals surface area contributed by atoms with Gasteiger partial charge in [-0.05, 0) is 29.7 Å². The predicted octanol–water partition coefficient (Wildman–Crippen LogP) is 2.69. The predicted molar refractivity (Wildman–Crippen MR) is 123 cm³/mol. The molecule has 3 aromatic rings. The van der Waals surface area contributed by atoms with Crippen molar-refractivity contribution in [1.29, 1.82) is 0 Å². The zero-order valence-electron chi connectivity index (χ0n) is 17.9. The summed E-state index contributed by atoms with van der Waals surface area (Å²) in [4.78, 5) is 16.8. The van der Waals surface area contributed by atoms with Crippen molar-refractivity contribution in [2.24, 2.45) is 4.99 Å². The Morgan fingerprint density at radius 3 is 2.48 bits per heavy atom. The van der Waals surface area contributed by atoms with Gasteiger partial charge in [0.05, 0.1) is 13.1 Å². The fourth-order valence-corrected chi connectivity index (χ4v) is 3.12. The average molecular weight is 419 g/mol. The van der Waals surface area contributed by atoms with Crippen LogP contribution < -0.4 is 16.0 Å². The molecule has 7 nitrogen and oxygen atoms in total. The Morgan fingerprint density at radius 1 is 0.968 bits per heavy atom. The summed E-state index contributed by atoms with van der Waals surface area (Å²) < 4.78 is 1.90. The van der Waals surface area contributed by atoms with Gasteiger partial charge in [0.15, 0.2) is 5.96 Å². The first-order chi connectivity index (χ1) is 15.2. The normalized spacial score (nSPS) is 11.2. The second-order valence-electron chi connectivity index (χ2n) is 7.11. The summed E-state index contributed by atoms with van der Waals surface area (Å²) in [7, 11) is 0. The van der Waals surface area contributed by atoms with Gasteiger partial charge in [-0.25, -0.2) is 4.99 Å². The van der Waals surface area contributed by atoms with E-state index in [9.17, 15) is 4.79 Å². The summed E-state index contributed by atoms with van der Waals surface area (Å²) in [6, 6.07) is 20.1. The van der Waals surface area contributed by atoms with Crippen LogP contribution in [0, 0.1) is 0 Å². The van der Waals surface area contributed by atoms with E-state index in [1.54, 1.807) is 6.20 Å². The van der Waals surface area contributed by atoms with Crippen LogP contribution in [-0.2, 0) is 24.4 Å². The van der Waals surface area contributed by atoms with Gasteiger partial charge in [0, 0.05) is 38.4 Å². The first-order valence-electron chi connectivity index (χ1n) is 10.6. The molecule has 1 aromatic heterocycles. The Labute approximate surface area is 183 Å². The van der Waals surface area contributed by atoms with Crippen LogP contribution in [0.25, 0.3) is 0 Å². The van der Waals surface area contributed by atoms with E-state index in [-0.39, 0.29) is 5.91 Å². The van der Waals surface area contributed by atoms with E-state index in [2.05, 4.69) is 33.2 Å². The molecule has 0 spiro atoms. The van der Waals surface area contributed by atoms with E-state index in [1.807, 2.05) is 66.3 Å². The van der Waals surface area contributed by atoms with Gasteiger partial charge in [-0.15, -0.1) is 0 Å². The summed E-state index contributed by atoms with van der Waals surface area (Å²) in [5.41, 5.74) is 3.43. The highest BCUT2D eigenvalue weighted by Gasteiger charge is 2.05. The van der Waals surface area contributed by atoms with E-state index in [4.69, 9.17) is 4.99 Å². The standard InChI is InChI=1S/C24H30N6O/c1-2-25-24(26-15-13-23(31)27-17-20-9-4-3-5-10-20)28-18-21-11-6-7-12-22(21)19-30-16-8-14-29-30/h3-12,14,16H,2,13,15,17-19H2,1H3,(H,27,31)(H2,25,26,28). The lowest BCUT2D eigenvalue weighted by Crippen LogP contribution is -2.39. The Balaban J connectivity index is 1.49. The fraction of sp³-hybridized carbons (Fsp3) is 0.292. The maximum Gasteiger partial charge on any atom is 0.222 e. The van der Waals surface area contributed by atoms with Gasteiger partial charge >= 0.3 is 0 Å². The van der Waals surface area contributed by atoms with Crippen molar-refractivity contribution in [2.45, 2.75) is 33.0 Å². The molecule has 162 valence electrons. The molecule has 0 radical (unpaired) electrons. The zero-order valence-corrected chi connectivity index (χ0v) is 17.9. The minimum absolute atomic E-state index is 0.0109. The Morgan fingerprint density at radius 2 is 1.74 bits per heavy atom. The first-order valence-corrected chi connectivity index (χ1v) is 10.6. The van der Waals surface area contributed by atoms with Crippen molar-refractivity contribution in [3.63, 3.8) is 0 Å². The molecular weight excluding hydrogens is 388 g/mol. The Kier molecular flexibility index (Phi) is 8.67. The molecule has 0 aliphatic carbocycles. The molecule has 3 N–H and O–H groups in total. The van der Waals surface area contributed by atoms with Gasteiger partial charge in [-0.1, -0.05) is 54.6 Å². The Hall–Kier alpha value is -3.61. The molecule has 1 amide bonds. The van der Waals surface area contributed by atoms with E-state index < -0.39 is 0 Å². The van der Waals surface area contributed by atoms with Crippen molar-refractivity contribution < 1.29 is 4.79 Å². The number of benzene rings is 2. The number of nitrogens with zero attached hydrogens (tertiary/aromatic N) is 3. The Bertz CT molecular complexity index is 953. The zero-order chi connectivity index (χ0) is 21.7. The van der Waals surface area contributed by atoms with Crippen LogP contribution in [0.5, 0.6) is 0 Å². The van der Waals surface area contributed by atoms with Crippen LogP contribution in [0.4, 0.5) is 0 Å². The van der Waals surface area contributed by atoms with Gasteiger partial charge in [0.25, 0.3) is 0 Å². The number of amides is 1. The molecule has 0 saturated heterocycles. The van der Waals surface area contributed by atoms with Gasteiger partial charge in [0.1, 0.15) is 0 Å². The highest BCUT2D eigenvalue weighted by molar-refractivity contribution is 5.81. The summed E-state index contributed by atoms with van der Waals surface area (Å²) in [5.74, 6) is 0.712. The molecule has 0 atom stereocenters. The SMILES string of the molecule is CCNC(=NCc1ccccc1Cn1cccn1)NCCC(=O)NCc1ccccc1. The van der Waals surface area contributed by atoms with Crippen molar-refractivity contribution in [3.8, 4) is 0 Å². The van der Waals surface area contributed by atoms with E-state index in [1.165, 1.54) is 5.56 Å².